The molecule has 9 aromatic carbocycles. The zero-order chi connectivity index (χ0) is 37.7. The molecule has 57 heavy (non-hydrogen) atoms. The predicted molar refractivity (Wildman–Crippen MR) is 240 cm³/mol. The third-order valence-corrected chi connectivity index (χ3v) is 12.2. The van der Waals surface area contributed by atoms with Gasteiger partial charge in [0, 0.05) is 36.9 Å². The molecule has 0 aliphatic rings. The van der Waals surface area contributed by atoms with Gasteiger partial charge in [-0.05, 0) is 67.1 Å². The molecule has 0 N–H and O–H groups in total. The lowest BCUT2D eigenvalue weighted by Gasteiger charge is -2.16. The number of fused-ring (bicyclic) bond motifs is 5. The zero-order valence-electron chi connectivity index (χ0n) is 30.8. The molecule has 0 unspecified atom stereocenters. The van der Waals surface area contributed by atoms with Crippen molar-refractivity contribution in [2.24, 2.45) is 0 Å². The van der Waals surface area contributed by atoms with Crippen LogP contribution in [0.25, 0.3) is 109 Å². The molecule has 3 nitrogen and oxygen atoms in total. The molecule has 2 heterocycles. The molecule has 0 amide bonds. The van der Waals surface area contributed by atoms with E-state index in [0.717, 1.165) is 38.6 Å². The van der Waals surface area contributed by atoms with Crippen molar-refractivity contribution in [1.29, 1.82) is 0 Å². The molecule has 0 aliphatic carbocycles. The molecule has 0 spiro atoms. The maximum atomic E-state index is 5.37. The van der Waals surface area contributed by atoms with Gasteiger partial charge in [-0.15, -0.1) is 11.3 Å². The van der Waals surface area contributed by atoms with Crippen LogP contribution in [0.2, 0.25) is 0 Å². The quantitative estimate of drug-likeness (QED) is 0.170. The Kier molecular flexibility index (Phi) is 8.01. The number of hydrogen-bond donors (Lipinski definition) is 0. The Hall–Kier alpha value is -7.27. The van der Waals surface area contributed by atoms with Crippen LogP contribution < -0.4 is 0 Å². The average Bonchev–Trinajstić information content (AvgIpc) is 3.68. The fraction of sp³-hybridized carbons (Fsp3) is 0. The van der Waals surface area contributed by atoms with Gasteiger partial charge in [0.25, 0.3) is 0 Å². The molecule has 0 fully saturated rings. The molecule has 0 atom stereocenters. The lowest BCUT2D eigenvalue weighted by Crippen LogP contribution is -2.02. The summed E-state index contributed by atoms with van der Waals surface area (Å²) in [6.45, 7) is 0. The summed E-state index contributed by atoms with van der Waals surface area (Å²) >= 11 is 1.79. The van der Waals surface area contributed by atoms with Crippen molar-refractivity contribution in [3.05, 3.63) is 200 Å². The highest BCUT2D eigenvalue weighted by Gasteiger charge is 2.20. The minimum Gasteiger partial charge on any atom is -0.208 e. The van der Waals surface area contributed by atoms with E-state index in [2.05, 4.69) is 182 Å². The molecule has 0 bridgehead atoms. The van der Waals surface area contributed by atoms with Crippen molar-refractivity contribution in [2.45, 2.75) is 0 Å². The highest BCUT2D eigenvalue weighted by molar-refractivity contribution is 7.26. The number of nitrogens with zero attached hydrogens (tertiary/aromatic N) is 3. The van der Waals surface area contributed by atoms with E-state index in [9.17, 15) is 0 Å². The summed E-state index contributed by atoms with van der Waals surface area (Å²) in [4.78, 5) is 15.8. The summed E-state index contributed by atoms with van der Waals surface area (Å²) in [5.41, 5.74) is 9.94. The van der Waals surface area contributed by atoms with E-state index in [4.69, 9.17) is 15.0 Å². The van der Waals surface area contributed by atoms with Gasteiger partial charge in [-0.1, -0.05) is 188 Å². The SMILES string of the molecule is c1ccc(-c2nc(-c3c(-c4ccc(-c5ccc(-c6ccccc6)c6ccccc56)cc4)ccc4ccccc34)nc(-c3cccc4c3sc3ccccc34)n2)cc1. The molecule has 11 rings (SSSR count). The minimum atomic E-state index is 0.647. The fourth-order valence-corrected chi connectivity index (χ4v) is 9.46. The summed E-state index contributed by atoms with van der Waals surface area (Å²) in [6.07, 6.45) is 0. The smallest absolute Gasteiger partial charge is 0.165 e. The van der Waals surface area contributed by atoms with Gasteiger partial charge in [0.15, 0.2) is 17.5 Å². The Labute approximate surface area is 334 Å². The van der Waals surface area contributed by atoms with Gasteiger partial charge >= 0.3 is 0 Å². The van der Waals surface area contributed by atoms with Gasteiger partial charge in [0.2, 0.25) is 0 Å². The molecular formula is C53H33N3S. The van der Waals surface area contributed by atoms with Gasteiger partial charge in [0.1, 0.15) is 0 Å². The van der Waals surface area contributed by atoms with Crippen molar-refractivity contribution in [2.75, 3.05) is 0 Å². The molecule has 0 aliphatic heterocycles. The number of rotatable bonds is 6. The number of thiophene rings is 1. The molecule has 0 saturated heterocycles. The summed E-state index contributed by atoms with van der Waals surface area (Å²) in [5.74, 6) is 1.96. The van der Waals surface area contributed by atoms with Crippen LogP contribution in [0.5, 0.6) is 0 Å². The van der Waals surface area contributed by atoms with Gasteiger partial charge in [-0.2, -0.15) is 0 Å². The van der Waals surface area contributed by atoms with Crippen LogP contribution in [0, 0.1) is 0 Å². The van der Waals surface area contributed by atoms with Crippen LogP contribution in [0.15, 0.2) is 200 Å². The monoisotopic (exact) mass is 743 g/mol. The summed E-state index contributed by atoms with van der Waals surface area (Å²) < 4.78 is 2.42. The second-order valence-corrected chi connectivity index (χ2v) is 15.4. The van der Waals surface area contributed by atoms with Crippen molar-refractivity contribution in [3.63, 3.8) is 0 Å². The van der Waals surface area contributed by atoms with Crippen LogP contribution in [-0.4, -0.2) is 15.0 Å². The molecule has 0 saturated carbocycles. The third kappa shape index (κ3) is 5.78. The first-order valence-corrected chi connectivity index (χ1v) is 20.0. The molecular weight excluding hydrogens is 711 g/mol. The Morgan fingerprint density at radius 2 is 0.789 bits per heavy atom. The van der Waals surface area contributed by atoms with Crippen LogP contribution in [0.1, 0.15) is 0 Å². The molecule has 0 radical (unpaired) electrons. The maximum absolute atomic E-state index is 5.37. The highest BCUT2D eigenvalue weighted by atomic mass is 32.1. The van der Waals surface area contributed by atoms with Gasteiger partial charge in [-0.3, -0.25) is 0 Å². The number of aromatic nitrogens is 3. The second kappa shape index (κ2) is 13.8. The Morgan fingerprint density at radius 1 is 0.281 bits per heavy atom. The van der Waals surface area contributed by atoms with Gasteiger partial charge < -0.3 is 0 Å². The van der Waals surface area contributed by atoms with Crippen LogP contribution in [0.3, 0.4) is 0 Å². The molecule has 266 valence electrons. The zero-order valence-corrected chi connectivity index (χ0v) is 31.6. The minimum absolute atomic E-state index is 0.647. The highest BCUT2D eigenvalue weighted by Crippen LogP contribution is 2.42. The standard InChI is InChI=1S/C53H33N3S/c1-3-14-34(15-4-1)39-32-33-40(44-21-10-9-20-43(39)44)36-26-28-37(29-27-36)42-31-30-35-16-7-8-19-41(35)49(42)53-55-51(38-17-5-2-6-18-38)54-52(56-53)47-24-13-23-46-45-22-11-12-25-48(45)57-50(46)47/h1-33H. The van der Waals surface area contributed by atoms with Crippen molar-refractivity contribution < 1.29 is 0 Å². The van der Waals surface area contributed by atoms with E-state index in [0.29, 0.717) is 17.5 Å². The second-order valence-electron chi connectivity index (χ2n) is 14.3. The first kappa shape index (κ1) is 33.1. The van der Waals surface area contributed by atoms with Gasteiger partial charge in [0.05, 0.1) is 0 Å². The van der Waals surface area contributed by atoms with E-state index < -0.39 is 0 Å². The van der Waals surface area contributed by atoms with Gasteiger partial charge in [-0.25, -0.2) is 15.0 Å². The van der Waals surface area contributed by atoms with E-state index in [-0.39, 0.29) is 0 Å². The lowest BCUT2D eigenvalue weighted by atomic mass is 9.90. The van der Waals surface area contributed by atoms with Crippen molar-refractivity contribution in [3.8, 4) is 67.5 Å². The van der Waals surface area contributed by atoms with E-state index >= 15 is 0 Å². The van der Waals surface area contributed by atoms with E-state index in [1.807, 2.05) is 18.2 Å². The third-order valence-electron chi connectivity index (χ3n) is 11.0. The van der Waals surface area contributed by atoms with Crippen LogP contribution in [-0.2, 0) is 0 Å². The average molecular weight is 744 g/mol. The van der Waals surface area contributed by atoms with Crippen molar-refractivity contribution >= 4 is 53.1 Å². The first-order chi connectivity index (χ1) is 28.3. The van der Waals surface area contributed by atoms with Crippen molar-refractivity contribution in [1.82, 2.24) is 15.0 Å². The first-order valence-electron chi connectivity index (χ1n) is 19.2. The van der Waals surface area contributed by atoms with E-state index in [1.54, 1.807) is 11.3 Å². The maximum Gasteiger partial charge on any atom is 0.165 e. The number of benzene rings is 9. The summed E-state index contributed by atoms with van der Waals surface area (Å²) in [5, 5.41) is 7.16. The molecule has 11 aromatic rings. The largest absolute Gasteiger partial charge is 0.208 e. The van der Waals surface area contributed by atoms with Crippen LogP contribution in [0.4, 0.5) is 0 Å². The lowest BCUT2D eigenvalue weighted by molar-refractivity contribution is 1.08. The fourth-order valence-electron chi connectivity index (χ4n) is 8.25. The Morgan fingerprint density at radius 3 is 1.51 bits per heavy atom. The topological polar surface area (TPSA) is 38.7 Å². The number of hydrogen-bond acceptors (Lipinski definition) is 4. The Bertz CT molecular complexity index is 3280. The Balaban J connectivity index is 1.09. The summed E-state index contributed by atoms with van der Waals surface area (Å²) in [6, 6.07) is 71.1. The van der Waals surface area contributed by atoms with E-state index in [1.165, 1.54) is 53.2 Å². The molecule has 4 heteroatoms. The summed E-state index contributed by atoms with van der Waals surface area (Å²) in [7, 11) is 0. The molecule has 2 aromatic heterocycles. The van der Waals surface area contributed by atoms with Crippen LogP contribution >= 0.6 is 11.3 Å². The normalized spacial score (nSPS) is 11.5. The predicted octanol–water partition coefficient (Wildman–Crippen LogP) is 14.5.